The number of nitrogens with zero attached hydrogens (tertiary/aromatic N) is 6. The number of aliphatic imine (C=N–C) groups is 1. The van der Waals surface area contributed by atoms with Crippen LogP contribution in [0.3, 0.4) is 0 Å². The van der Waals surface area contributed by atoms with E-state index in [1.54, 1.807) is 12.4 Å². The molecule has 0 spiro atoms. The van der Waals surface area contributed by atoms with Gasteiger partial charge in [0.1, 0.15) is 6.07 Å². The largest absolute Gasteiger partial charge is 0.351 e. The van der Waals surface area contributed by atoms with Gasteiger partial charge in [-0.05, 0) is 0 Å². The fraction of sp³-hybridized carbons (Fsp3) is 0.538. The minimum Gasteiger partial charge on any atom is -0.351 e. The first-order chi connectivity index (χ1) is 9.78. The molecule has 3 rings (SSSR count). The molecule has 1 unspecified atom stereocenters. The Hall–Kier alpha value is -1.81. The van der Waals surface area contributed by atoms with Gasteiger partial charge >= 0.3 is 0 Å². The van der Waals surface area contributed by atoms with Gasteiger partial charge in [-0.15, -0.1) is 0 Å². The zero-order valence-corrected chi connectivity index (χ0v) is 12.2. The molecule has 1 saturated heterocycles. The number of hydrogen-bond acceptors (Lipinski definition) is 7. The molecule has 0 bridgehead atoms. The van der Waals surface area contributed by atoms with E-state index in [1.807, 2.05) is 11.8 Å². The van der Waals surface area contributed by atoms with Crippen molar-refractivity contribution in [1.29, 1.82) is 5.26 Å². The third-order valence-corrected chi connectivity index (χ3v) is 4.57. The van der Waals surface area contributed by atoms with Crippen molar-refractivity contribution in [1.82, 2.24) is 14.9 Å². The van der Waals surface area contributed by atoms with Crippen molar-refractivity contribution in [3.05, 3.63) is 18.1 Å². The lowest BCUT2D eigenvalue weighted by atomic mass is 10.3. The molecule has 0 saturated carbocycles. The van der Waals surface area contributed by atoms with Crippen LogP contribution in [0, 0.1) is 11.3 Å². The Morgan fingerprint density at radius 1 is 1.20 bits per heavy atom. The number of hydrogen-bond donors (Lipinski definition) is 0. The molecule has 1 aromatic rings. The fourth-order valence-electron chi connectivity index (χ4n) is 2.39. The van der Waals surface area contributed by atoms with E-state index in [1.165, 1.54) is 0 Å². The molecule has 2 aliphatic rings. The Balaban J connectivity index is 1.66. The summed E-state index contributed by atoms with van der Waals surface area (Å²) in [5.41, 5.74) is 0.405. The molecule has 1 fully saturated rings. The SMILES string of the molecule is CC1CN=C(N2CCN(c3nccnc3C#N)CC2)S1. The van der Waals surface area contributed by atoms with E-state index in [0.29, 0.717) is 16.8 Å². The summed E-state index contributed by atoms with van der Waals surface area (Å²) in [5, 5.41) is 10.8. The Morgan fingerprint density at radius 2 is 1.90 bits per heavy atom. The van der Waals surface area contributed by atoms with Crippen LogP contribution in [-0.4, -0.2) is 58.0 Å². The molecule has 104 valence electrons. The van der Waals surface area contributed by atoms with Crippen molar-refractivity contribution >= 4 is 22.7 Å². The van der Waals surface area contributed by atoms with E-state index in [0.717, 1.165) is 37.9 Å². The second-order valence-electron chi connectivity index (χ2n) is 4.87. The topological polar surface area (TPSA) is 68.4 Å². The van der Waals surface area contributed by atoms with Crippen molar-refractivity contribution in [3.63, 3.8) is 0 Å². The van der Waals surface area contributed by atoms with E-state index in [9.17, 15) is 0 Å². The molecule has 0 N–H and O–H groups in total. The second kappa shape index (κ2) is 5.67. The summed E-state index contributed by atoms with van der Waals surface area (Å²) >= 11 is 1.85. The maximum Gasteiger partial charge on any atom is 0.183 e. The predicted octanol–water partition coefficient (Wildman–Crippen LogP) is 0.962. The van der Waals surface area contributed by atoms with Crippen molar-refractivity contribution < 1.29 is 0 Å². The van der Waals surface area contributed by atoms with E-state index >= 15 is 0 Å². The highest BCUT2D eigenvalue weighted by atomic mass is 32.2. The van der Waals surface area contributed by atoms with Crippen molar-refractivity contribution in [3.8, 4) is 6.07 Å². The zero-order valence-electron chi connectivity index (χ0n) is 11.4. The fourth-order valence-corrected chi connectivity index (χ4v) is 3.38. The van der Waals surface area contributed by atoms with Crippen molar-refractivity contribution in [2.45, 2.75) is 12.2 Å². The normalized spacial score (nSPS) is 22.6. The van der Waals surface area contributed by atoms with Crippen LogP contribution >= 0.6 is 11.8 Å². The summed E-state index contributed by atoms with van der Waals surface area (Å²) in [4.78, 5) is 17.4. The number of thioether (sulfide) groups is 1. The molecule has 1 aromatic heterocycles. The summed E-state index contributed by atoms with van der Waals surface area (Å²) in [5.74, 6) is 0.698. The number of nitriles is 1. The molecule has 20 heavy (non-hydrogen) atoms. The van der Waals surface area contributed by atoms with E-state index in [-0.39, 0.29) is 0 Å². The molecule has 3 heterocycles. The van der Waals surface area contributed by atoms with Crippen LogP contribution in [-0.2, 0) is 0 Å². The molecular weight excluding hydrogens is 272 g/mol. The first-order valence-electron chi connectivity index (χ1n) is 6.70. The molecule has 0 aromatic carbocycles. The van der Waals surface area contributed by atoms with Gasteiger partial charge in [-0.1, -0.05) is 18.7 Å². The molecule has 0 amide bonds. The summed E-state index contributed by atoms with van der Waals surface area (Å²) in [6.45, 7) is 6.65. The summed E-state index contributed by atoms with van der Waals surface area (Å²) in [6.07, 6.45) is 3.20. The van der Waals surface area contributed by atoms with Crippen molar-refractivity contribution in [2.75, 3.05) is 37.6 Å². The Morgan fingerprint density at radius 3 is 2.55 bits per heavy atom. The minimum absolute atomic E-state index is 0.405. The maximum atomic E-state index is 9.09. The monoisotopic (exact) mass is 288 g/mol. The summed E-state index contributed by atoms with van der Waals surface area (Å²) < 4.78 is 0. The molecule has 2 aliphatic heterocycles. The van der Waals surface area contributed by atoms with Gasteiger partial charge in [0.15, 0.2) is 16.7 Å². The highest BCUT2D eigenvalue weighted by molar-refractivity contribution is 8.14. The lowest BCUT2D eigenvalue weighted by Gasteiger charge is -2.36. The minimum atomic E-state index is 0.405. The maximum absolute atomic E-state index is 9.09. The molecule has 6 nitrogen and oxygen atoms in total. The predicted molar refractivity (Wildman–Crippen MR) is 79.9 cm³/mol. The molecule has 0 aliphatic carbocycles. The van der Waals surface area contributed by atoms with Crippen LogP contribution in [0.2, 0.25) is 0 Å². The van der Waals surface area contributed by atoms with Gasteiger partial charge in [-0.2, -0.15) is 5.26 Å². The third kappa shape index (κ3) is 2.56. The van der Waals surface area contributed by atoms with Gasteiger partial charge in [0, 0.05) is 43.8 Å². The quantitative estimate of drug-likeness (QED) is 0.767. The number of anilines is 1. The van der Waals surface area contributed by atoms with Gasteiger partial charge in [0.25, 0.3) is 0 Å². The van der Waals surface area contributed by atoms with Crippen molar-refractivity contribution in [2.24, 2.45) is 4.99 Å². The molecule has 0 radical (unpaired) electrons. The number of aromatic nitrogens is 2. The summed E-state index contributed by atoms with van der Waals surface area (Å²) in [7, 11) is 0. The Labute approximate surface area is 122 Å². The first-order valence-corrected chi connectivity index (χ1v) is 7.58. The van der Waals surface area contributed by atoms with Crippen LogP contribution in [0.15, 0.2) is 17.4 Å². The highest BCUT2D eigenvalue weighted by Gasteiger charge is 2.26. The Kier molecular flexibility index (Phi) is 3.74. The number of piperazine rings is 1. The van der Waals surface area contributed by atoms with E-state index in [2.05, 4.69) is 37.8 Å². The van der Waals surface area contributed by atoms with Gasteiger partial charge in [-0.25, -0.2) is 9.97 Å². The van der Waals surface area contributed by atoms with Crippen LogP contribution in [0.1, 0.15) is 12.6 Å². The van der Waals surface area contributed by atoms with Crippen LogP contribution in [0.4, 0.5) is 5.82 Å². The number of amidine groups is 1. The van der Waals surface area contributed by atoms with Crippen LogP contribution < -0.4 is 4.90 Å². The second-order valence-corrected chi connectivity index (χ2v) is 6.27. The van der Waals surface area contributed by atoms with Gasteiger partial charge < -0.3 is 9.80 Å². The van der Waals surface area contributed by atoms with Crippen LogP contribution in [0.25, 0.3) is 0 Å². The summed E-state index contributed by atoms with van der Waals surface area (Å²) in [6, 6.07) is 2.11. The van der Waals surface area contributed by atoms with E-state index in [4.69, 9.17) is 5.26 Å². The average molecular weight is 288 g/mol. The smallest absolute Gasteiger partial charge is 0.183 e. The molecule has 1 atom stereocenters. The Bertz CT molecular complexity index is 558. The molecular formula is C13H16N6S. The van der Waals surface area contributed by atoms with Gasteiger partial charge in [-0.3, -0.25) is 4.99 Å². The lowest BCUT2D eigenvalue weighted by Crippen LogP contribution is -2.48. The third-order valence-electron chi connectivity index (χ3n) is 3.42. The zero-order chi connectivity index (χ0) is 13.9. The van der Waals surface area contributed by atoms with Gasteiger partial charge in [0.2, 0.25) is 0 Å². The first kappa shape index (κ1) is 13.2. The van der Waals surface area contributed by atoms with Gasteiger partial charge in [0.05, 0.1) is 6.54 Å². The highest BCUT2D eigenvalue weighted by Crippen LogP contribution is 2.24. The number of rotatable bonds is 1. The molecule has 7 heteroatoms. The average Bonchev–Trinajstić information content (AvgIpc) is 2.94. The standard InChI is InChI=1S/C13H16N6S/c1-10-9-17-13(20-10)19-6-4-18(5-7-19)12-11(8-14)15-2-3-16-12/h2-3,10H,4-7,9H2,1H3. The van der Waals surface area contributed by atoms with E-state index < -0.39 is 0 Å². The lowest BCUT2D eigenvalue weighted by molar-refractivity contribution is 0.390. The van der Waals surface area contributed by atoms with Crippen LogP contribution in [0.5, 0.6) is 0 Å².